The fourth-order valence-electron chi connectivity index (χ4n) is 3.92. The van der Waals surface area contributed by atoms with Crippen molar-refractivity contribution in [1.82, 2.24) is 9.80 Å². The van der Waals surface area contributed by atoms with Gasteiger partial charge in [0.25, 0.3) is 0 Å². The van der Waals surface area contributed by atoms with Gasteiger partial charge in [0.15, 0.2) is 5.96 Å². The van der Waals surface area contributed by atoms with Gasteiger partial charge in [-0.3, -0.25) is 9.89 Å². The number of benzene rings is 1. The lowest BCUT2D eigenvalue weighted by molar-refractivity contribution is 0.253. The molecule has 3 rings (SSSR count). The van der Waals surface area contributed by atoms with Crippen LogP contribution >= 0.6 is 0 Å². The van der Waals surface area contributed by atoms with E-state index in [1.54, 1.807) is 0 Å². The molecule has 2 fully saturated rings. The maximum absolute atomic E-state index is 6.11. The second-order valence-corrected chi connectivity index (χ2v) is 7.66. The predicted molar refractivity (Wildman–Crippen MR) is 111 cm³/mol. The van der Waals surface area contributed by atoms with E-state index < -0.39 is 0 Å². The second-order valence-electron chi connectivity index (χ2n) is 7.66. The van der Waals surface area contributed by atoms with Crippen LogP contribution in [-0.4, -0.2) is 68.1 Å². The van der Waals surface area contributed by atoms with Crippen LogP contribution in [-0.2, 0) is 0 Å². The predicted octanol–water partition coefficient (Wildman–Crippen LogP) is 2.70. The van der Waals surface area contributed by atoms with E-state index in [2.05, 4.69) is 50.9 Å². The van der Waals surface area contributed by atoms with E-state index in [4.69, 9.17) is 5.73 Å². The Labute approximate surface area is 158 Å². The summed E-state index contributed by atoms with van der Waals surface area (Å²) < 4.78 is 0. The minimum Gasteiger partial charge on any atom is -0.370 e. The molecule has 0 bridgehead atoms. The van der Waals surface area contributed by atoms with Gasteiger partial charge in [0.1, 0.15) is 0 Å². The van der Waals surface area contributed by atoms with Crippen molar-refractivity contribution in [3.8, 4) is 0 Å². The Balaban J connectivity index is 1.30. The van der Waals surface area contributed by atoms with E-state index in [1.165, 1.54) is 43.5 Å². The van der Waals surface area contributed by atoms with Gasteiger partial charge in [-0.15, -0.1) is 0 Å². The summed E-state index contributed by atoms with van der Waals surface area (Å²) in [5.74, 6) is 0.761. The monoisotopic (exact) mass is 357 g/mol. The number of piperazine rings is 1. The lowest BCUT2D eigenvalue weighted by Gasteiger charge is -2.36. The fraction of sp³-hybridized carbons (Fsp3) is 0.667. The van der Waals surface area contributed by atoms with E-state index >= 15 is 0 Å². The molecule has 0 unspecified atom stereocenters. The molecule has 2 aliphatic rings. The minimum absolute atomic E-state index is 0.761. The quantitative estimate of drug-likeness (QED) is 0.483. The van der Waals surface area contributed by atoms with Crippen LogP contribution in [0, 0.1) is 6.92 Å². The molecule has 1 aromatic rings. The number of unbranched alkanes of at least 4 members (excludes halogenated alkanes) is 1. The topological polar surface area (TPSA) is 48.1 Å². The Bertz CT molecular complexity index is 572. The SMILES string of the molecule is Cc1cccc(N2CCN(CCCCN=C(N)N3CCCCC3)CC2)c1. The molecule has 5 heteroatoms. The van der Waals surface area contributed by atoms with Crippen LogP contribution < -0.4 is 10.6 Å². The van der Waals surface area contributed by atoms with Crippen LogP contribution in [0.15, 0.2) is 29.3 Å². The number of nitrogens with zero attached hydrogens (tertiary/aromatic N) is 4. The van der Waals surface area contributed by atoms with Crippen LogP contribution in [0.25, 0.3) is 0 Å². The maximum atomic E-state index is 6.11. The highest BCUT2D eigenvalue weighted by atomic mass is 15.3. The molecule has 0 atom stereocenters. The average Bonchev–Trinajstić information content (AvgIpc) is 2.69. The van der Waals surface area contributed by atoms with Gasteiger partial charge in [-0.25, -0.2) is 0 Å². The number of piperidine rings is 1. The van der Waals surface area contributed by atoms with Crippen molar-refractivity contribution in [3.63, 3.8) is 0 Å². The summed E-state index contributed by atoms with van der Waals surface area (Å²) in [6.45, 7) is 11.0. The van der Waals surface area contributed by atoms with Crippen molar-refractivity contribution in [2.24, 2.45) is 10.7 Å². The van der Waals surface area contributed by atoms with Crippen LogP contribution in [0.2, 0.25) is 0 Å². The maximum Gasteiger partial charge on any atom is 0.191 e. The van der Waals surface area contributed by atoms with Crippen LogP contribution in [0.3, 0.4) is 0 Å². The van der Waals surface area contributed by atoms with E-state index in [1.807, 2.05) is 0 Å². The van der Waals surface area contributed by atoms with E-state index in [0.29, 0.717) is 0 Å². The molecule has 0 saturated carbocycles. The summed E-state index contributed by atoms with van der Waals surface area (Å²) >= 11 is 0. The number of hydrogen-bond donors (Lipinski definition) is 1. The normalized spacial score (nSPS) is 19.8. The van der Waals surface area contributed by atoms with Gasteiger partial charge in [0.2, 0.25) is 0 Å². The van der Waals surface area contributed by atoms with Crippen LogP contribution in [0.5, 0.6) is 0 Å². The Morgan fingerprint density at radius 1 is 1.00 bits per heavy atom. The Morgan fingerprint density at radius 2 is 1.77 bits per heavy atom. The molecule has 0 aromatic heterocycles. The molecule has 1 aromatic carbocycles. The molecule has 0 aliphatic carbocycles. The number of likely N-dealkylation sites (tertiary alicyclic amines) is 1. The molecule has 5 nitrogen and oxygen atoms in total. The third kappa shape index (κ3) is 5.63. The summed E-state index contributed by atoms with van der Waals surface area (Å²) in [4.78, 5) is 11.9. The van der Waals surface area contributed by atoms with Gasteiger partial charge in [0.05, 0.1) is 0 Å². The molecule has 26 heavy (non-hydrogen) atoms. The summed E-state index contributed by atoms with van der Waals surface area (Å²) in [5, 5.41) is 0. The molecule has 2 saturated heterocycles. The summed E-state index contributed by atoms with van der Waals surface area (Å²) in [7, 11) is 0. The highest BCUT2D eigenvalue weighted by Crippen LogP contribution is 2.18. The Hall–Kier alpha value is -1.75. The number of anilines is 1. The zero-order valence-electron chi connectivity index (χ0n) is 16.4. The molecular formula is C21H35N5. The molecule has 0 radical (unpaired) electrons. The van der Waals surface area contributed by atoms with Crippen molar-refractivity contribution in [1.29, 1.82) is 0 Å². The molecule has 2 N–H and O–H groups in total. The van der Waals surface area contributed by atoms with Crippen molar-refractivity contribution >= 4 is 11.6 Å². The number of aryl methyl sites for hydroxylation is 1. The zero-order valence-corrected chi connectivity index (χ0v) is 16.4. The van der Waals surface area contributed by atoms with Crippen molar-refractivity contribution in [2.75, 3.05) is 57.3 Å². The van der Waals surface area contributed by atoms with Crippen molar-refractivity contribution < 1.29 is 0 Å². The van der Waals surface area contributed by atoms with Crippen LogP contribution in [0.1, 0.15) is 37.7 Å². The smallest absolute Gasteiger partial charge is 0.191 e. The number of hydrogen-bond acceptors (Lipinski definition) is 3. The average molecular weight is 358 g/mol. The lowest BCUT2D eigenvalue weighted by Crippen LogP contribution is -2.46. The largest absolute Gasteiger partial charge is 0.370 e. The van der Waals surface area contributed by atoms with Gasteiger partial charge in [-0.05, 0) is 63.3 Å². The van der Waals surface area contributed by atoms with Crippen LogP contribution in [0.4, 0.5) is 5.69 Å². The van der Waals surface area contributed by atoms with Gasteiger partial charge < -0.3 is 15.5 Å². The molecule has 0 amide bonds. The molecule has 2 heterocycles. The van der Waals surface area contributed by atoms with E-state index in [0.717, 1.165) is 58.2 Å². The van der Waals surface area contributed by atoms with Gasteiger partial charge in [0, 0.05) is 51.5 Å². The van der Waals surface area contributed by atoms with E-state index in [-0.39, 0.29) is 0 Å². The summed E-state index contributed by atoms with van der Waals surface area (Å²) in [5.41, 5.74) is 8.82. The fourth-order valence-corrected chi connectivity index (χ4v) is 3.92. The van der Waals surface area contributed by atoms with Crippen molar-refractivity contribution in [2.45, 2.75) is 39.0 Å². The first-order valence-corrected chi connectivity index (χ1v) is 10.3. The lowest BCUT2D eigenvalue weighted by atomic mass is 10.1. The molecule has 144 valence electrons. The number of guanidine groups is 1. The van der Waals surface area contributed by atoms with Crippen molar-refractivity contribution in [3.05, 3.63) is 29.8 Å². The third-order valence-electron chi connectivity index (χ3n) is 5.58. The zero-order chi connectivity index (χ0) is 18.2. The molecule has 2 aliphatic heterocycles. The number of nitrogens with two attached hydrogens (primary N) is 1. The molecule has 0 spiro atoms. The Kier molecular flexibility index (Phi) is 7.18. The molecular weight excluding hydrogens is 322 g/mol. The Morgan fingerprint density at radius 3 is 2.50 bits per heavy atom. The first-order chi connectivity index (χ1) is 12.7. The summed E-state index contributed by atoms with van der Waals surface area (Å²) in [6.07, 6.45) is 6.18. The highest BCUT2D eigenvalue weighted by Gasteiger charge is 2.16. The van der Waals surface area contributed by atoms with Gasteiger partial charge in [-0.1, -0.05) is 12.1 Å². The standard InChI is InChI=1S/C21H35N5/c1-19-8-7-9-20(18-19)25-16-14-24(15-17-25)11-6-3-10-23-21(22)26-12-4-2-5-13-26/h7-9,18H,2-6,10-17H2,1H3,(H2,22,23). The summed E-state index contributed by atoms with van der Waals surface area (Å²) in [6, 6.07) is 8.85. The van der Waals surface area contributed by atoms with Gasteiger partial charge >= 0.3 is 0 Å². The first-order valence-electron chi connectivity index (χ1n) is 10.3. The van der Waals surface area contributed by atoms with E-state index in [9.17, 15) is 0 Å². The number of aliphatic imine (C=N–C) groups is 1. The number of rotatable bonds is 6. The third-order valence-corrected chi connectivity index (χ3v) is 5.58. The second kappa shape index (κ2) is 9.81. The minimum atomic E-state index is 0.761. The highest BCUT2D eigenvalue weighted by molar-refractivity contribution is 5.78. The first kappa shape index (κ1) is 19.0. The van der Waals surface area contributed by atoms with Gasteiger partial charge in [-0.2, -0.15) is 0 Å².